The number of terminal acetylenes is 1. The number of aliphatic hydroxyl groups excluding tert-OH is 1. The van der Waals surface area contributed by atoms with E-state index in [1.165, 1.54) is 0 Å². The molecule has 0 spiro atoms. The van der Waals surface area contributed by atoms with Gasteiger partial charge in [-0.2, -0.15) is 0 Å². The second-order valence-electron chi connectivity index (χ2n) is 5.74. The maximum Gasteiger partial charge on any atom is 1.00 e. The molecular formula is C22H28Cl2Na3O8P. The molecule has 0 radical (unpaired) electrons. The smallest absolute Gasteiger partial charge is 0.870 e. The minimum atomic E-state index is -5.14. The third kappa shape index (κ3) is 29.8. The summed E-state index contributed by atoms with van der Waals surface area (Å²) in [5.41, 5.74) is 1.83. The predicted molar refractivity (Wildman–Crippen MR) is 125 cm³/mol. The van der Waals surface area contributed by atoms with Gasteiger partial charge in [-0.15, -0.1) is 36.0 Å². The quantitative estimate of drug-likeness (QED) is 0.0767. The summed E-state index contributed by atoms with van der Waals surface area (Å²) in [6, 6.07) is 16.2. The van der Waals surface area contributed by atoms with Crippen LogP contribution in [0.25, 0.3) is 0 Å². The summed E-state index contributed by atoms with van der Waals surface area (Å²) >= 11 is 11.7. The van der Waals surface area contributed by atoms with Gasteiger partial charge in [0.2, 0.25) is 0 Å². The molecule has 2 aromatic carbocycles. The van der Waals surface area contributed by atoms with Crippen molar-refractivity contribution in [1.29, 1.82) is 0 Å². The van der Waals surface area contributed by atoms with Gasteiger partial charge in [-0.25, -0.2) is 0 Å². The van der Waals surface area contributed by atoms with Gasteiger partial charge in [-0.05, 0) is 12.0 Å². The van der Waals surface area contributed by atoms with E-state index in [1.807, 2.05) is 24.3 Å². The Labute approximate surface area is 289 Å². The zero-order valence-electron chi connectivity index (χ0n) is 21.0. The molecule has 0 aliphatic rings. The van der Waals surface area contributed by atoms with Crippen molar-refractivity contribution in [3.8, 4) is 12.8 Å². The number of unbranched alkanes of at least 4 members (excludes halogenated alkanes) is 1. The summed E-state index contributed by atoms with van der Waals surface area (Å²) in [6.07, 6.45) is 10.3. The van der Waals surface area contributed by atoms with Crippen molar-refractivity contribution in [2.45, 2.75) is 24.6 Å². The molecular weight excluding hydrogens is 563 g/mol. The number of benzene rings is 2. The second-order valence-corrected chi connectivity index (χ2v) is 7.77. The van der Waals surface area contributed by atoms with Crippen LogP contribution >= 0.6 is 31.0 Å². The molecule has 2 rings (SSSR count). The zero-order valence-corrected chi connectivity index (χ0v) is 29.5. The Bertz CT molecular complexity index is 811. The van der Waals surface area contributed by atoms with Crippen LogP contribution in [0, 0.1) is 12.8 Å². The molecule has 0 unspecified atom stereocenters. The molecule has 0 amide bonds. The van der Waals surface area contributed by atoms with Gasteiger partial charge in [0.25, 0.3) is 0 Å². The summed E-state index contributed by atoms with van der Waals surface area (Å²) in [5, 5.41) is 8.24. The molecule has 0 saturated carbocycles. The number of alkyl halides is 2. The third-order valence-corrected chi connectivity index (χ3v) is 3.82. The number of halogens is 2. The standard InChI is InChI=1S/C14H10Cl2O.C6H14O2.C2H2.3Na.H3O4P.H2O/c15-14(16)12-9-5-4-8-11(12)13(17)10-6-2-1-3-7-10;1-2-3-5-8-6-4-7;1-2;;;;1-5(2,3)4;/h1-9,14H;7H,2-6H2,1H3;1-2H;;;;(H3,1,2,3,4);1H2/q;;;3*+1;;/p-3. The SMILES string of the molecule is C#C.CCCCOCCO.O=C(c1ccccc1)c1ccccc1C(Cl)Cl.O=P([O-])([O-])O.[Na+].[Na+].[Na+].[OH-]. The van der Waals surface area contributed by atoms with Crippen LogP contribution in [0.15, 0.2) is 54.6 Å². The van der Waals surface area contributed by atoms with E-state index in [2.05, 4.69) is 19.8 Å². The predicted octanol–water partition coefficient (Wildman–Crippen LogP) is -5.92. The van der Waals surface area contributed by atoms with Gasteiger partial charge >= 0.3 is 88.7 Å². The summed E-state index contributed by atoms with van der Waals surface area (Å²) in [6.45, 7) is 3.53. The number of hydrogen-bond donors (Lipinski definition) is 2. The van der Waals surface area contributed by atoms with Gasteiger partial charge in [-0.1, -0.05) is 67.9 Å². The van der Waals surface area contributed by atoms with Crippen LogP contribution in [0.3, 0.4) is 0 Å². The van der Waals surface area contributed by atoms with E-state index in [0.717, 1.165) is 19.4 Å². The van der Waals surface area contributed by atoms with Crippen LogP contribution in [0.5, 0.6) is 0 Å². The number of ketones is 1. The summed E-state index contributed by atoms with van der Waals surface area (Å²) in [4.78, 5) is 35.8. The number of aliphatic hydroxyl groups is 1. The molecule has 36 heavy (non-hydrogen) atoms. The Hall–Kier alpha value is 1.24. The van der Waals surface area contributed by atoms with E-state index < -0.39 is 12.7 Å². The van der Waals surface area contributed by atoms with E-state index in [4.69, 9.17) is 52.3 Å². The maximum absolute atomic E-state index is 12.3. The first-order valence-electron chi connectivity index (χ1n) is 9.35. The average molecular weight is 591 g/mol. The second kappa shape index (κ2) is 32.5. The molecule has 0 bridgehead atoms. The Morgan fingerprint density at radius 3 is 1.86 bits per heavy atom. The van der Waals surface area contributed by atoms with Crippen molar-refractivity contribution in [3.63, 3.8) is 0 Å². The first kappa shape index (κ1) is 50.1. The number of rotatable bonds is 8. The molecule has 0 aliphatic carbocycles. The molecule has 14 heteroatoms. The Morgan fingerprint density at radius 2 is 1.44 bits per heavy atom. The first-order chi connectivity index (χ1) is 15.1. The van der Waals surface area contributed by atoms with Gasteiger partial charge < -0.3 is 34.6 Å². The van der Waals surface area contributed by atoms with Gasteiger partial charge in [0.15, 0.2) is 5.78 Å². The normalized spacial score (nSPS) is 8.83. The van der Waals surface area contributed by atoms with Gasteiger partial charge in [-0.3, -0.25) is 4.79 Å². The van der Waals surface area contributed by atoms with E-state index >= 15 is 0 Å². The molecule has 0 aliphatic heterocycles. The molecule has 0 heterocycles. The molecule has 3 N–H and O–H groups in total. The van der Waals surface area contributed by atoms with Crippen LogP contribution in [-0.2, 0) is 9.30 Å². The fourth-order valence-corrected chi connectivity index (χ4v) is 2.43. The van der Waals surface area contributed by atoms with Crippen LogP contribution in [0.1, 0.15) is 46.1 Å². The van der Waals surface area contributed by atoms with Gasteiger partial charge in [0, 0.05) is 17.7 Å². The molecule has 186 valence electrons. The van der Waals surface area contributed by atoms with Gasteiger partial charge in [0.1, 0.15) is 4.84 Å². The minimum absolute atomic E-state index is 0. The van der Waals surface area contributed by atoms with E-state index in [1.54, 1.807) is 30.3 Å². The minimum Gasteiger partial charge on any atom is -0.870 e. The van der Waals surface area contributed by atoms with Crippen LogP contribution in [0.2, 0.25) is 0 Å². The monoisotopic (exact) mass is 590 g/mol. The number of phosphoric acid groups is 1. The Kier molecular flexibility index (Phi) is 45.2. The summed E-state index contributed by atoms with van der Waals surface area (Å²) < 4.78 is 13.6. The fourth-order valence-electron chi connectivity index (χ4n) is 2.05. The molecule has 0 saturated heterocycles. The topological polar surface area (TPSA) is 160 Å². The molecule has 0 aromatic heterocycles. The molecule has 0 fully saturated rings. The molecule has 8 nitrogen and oxygen atoms in total. The number of carbonyl (C=O) groups is 1. The van der Waals surface area contributed by atoms with Crippen LogP contribution in [-0.4, -0.2) is 41.1 Å². The Balaban J connectivity index is -0.000000102. The zero-order chi connectivity index (χ0) is 25.0. The third-order valence-electron chi connectivity index (χ3n) is 3.35. The first-order valence-corrected chi connectivity index (χ1v) is 11.7. The van der Waals surface area contributed by atoms with E-state index in [9.17, 15) is 4.79 Å². The fraction of sp³-hybridized carbons (Fsp3) is 0.318. The molecule has 2 aromatic rings. The number of ether oxygens (including phenoxy) is 1. The van der Waals surface area contributed by atoms with Crippen molar-refractivity contribution in [2.24, 2.45) is 0 Å². The van der Waals surface area contributed by atoms with E-state index in [0.29, 0.717) is 23.3 Å². The van der Waals surface area contributed by atoms with Crippen molar-refractivity contribution in [3.05, 3.63) is 71.3 Å². The van der Waals surface area contributed by atoms with E-state index in [-0.39, 0.29) is 107 Å². The summed E-state index contributed by atoms with van der Waals surface area (Å²) in [5.74, 6) is -0.0625. The number of carbonyl (C=O) groups excluding carboxylic acids is 1. The summed E-state index contributed by atoms with van der Waals surface area (Å²) in [7, 11) is -5.14. The van der Waals surface area contributed by atoms with Crippen molar-refractivity contribution in [2.75, 3.05) is 19.8 Å². The van der Waals surface area contributed by atoms with Crippen molar-refractivity contribution < 1.29 is 128 Å². The largest absolute Gasteiger partial charge is 1.00 e. The average Bonchev–Trinajstić information content (AvgIpc) is 2.77. The van der Waals surface area contributed by atoms with Crippen LogP contribution < -0.4 is 98.5 Å². The number of hydrogen-bond acceptors (Lipinski definition) is 7. The van der Waals surface area contributed by atoms with Crippen molar-refractivity contribution in [1.82, 2.24) is 0 Å². The Morgan fingerprint density at radius 1 is 1.00 bits per heavy atom. The van der Waals surface area contributed by atoms with Gasteiger partial charge in [0.05, 0.1) is 21.0 Å². The van der Waals surface area contributed by atoms with Crippen LogP contribution in [0.4, 0.5) is 0 Å². The van der Waals surface area contributed by atoms with Crippen molar-refractivity contribution >= 4 is 36.8 Å². The maximum atomic E-state index is 12.3. The molecule has 0 atom stereocenters.